The van der Waals surface area contributed by atoms with Gasteiger partial charge in [0.15, 0.2) is 11.5 Å². The Hall–Kier alpha value is -3.87. The molecule has 1 aliphatic rings. The van der Waals surface area contributed by atoms with Crippen molar-refractivity contribution in [3.8, 4) is 11.5 Å². The molecule has 0 saturated heterocycles. The number of aromatic nitrogens is 3. The van der Waals surface area contributed by atoms with E-state index in [9.17, 15) is 4.79 Å². The summed E-state index contributed by atoms with van der Waals surface area (Å²) >= 11 is 0. The van der Waals surface area contributed by atoms with E-state index in [1.807, 2.05) is 73.3 Å². The molecular weight excluding hydrogens is 392 g/mol. The van der Waals surface area contributed by atoms with Crippen LogP contribution in [0, 0.1) is 6.92 Å². The summed E-state index contributed by atoms with van der Waals surface area (Å²) in [6, 6.07) is 19.2. The summed E-state index contributed by atoms with van der Waals surface area (Å²) in [5, 5.41) is 5.42. The van der Waals surface area contributed by atoms with Crippen molar-refractivity contribution < 1.29 is 14.3 Å². The molecule has 2 aromatic carbocycles. The molecule has 7 nitrogen and oxygen atoms in total. The quantitative estimate of drug-likeness (QED) is 0.496. The lowest BCUT2D eigenvalue weighted by Gasteiger charge is -2.23. The van der Waals surface area contributed by atoms with Crippen molar-refractivity contribution in [1.82, 2.24) is 19.7 Å². The standard InChI is InChI=1S/C24H22N4O3/c1-16-11-19(27(2)26-16)14-28(13-17-7-10-22-23(12-17)31-15-30-22)24(29)21-9-8-18-5-3-4-6-20(18)25-21/h3-12H,13-15H2,1-2H3. The van der Waals surface area contributed by atoms with Crippen LogP contribution >= 0.6 is 0 Å². The average Bonchev–Trinajstić information content (AvgIpc) is 3.37. The fourth-order valence-corrected chi connectivity index (χ4v) is 3.81. The number of hydrogen-bond donors (Lipinski definition) is 0. The number of fused-ring (bicyclic) bond motifs is 2. The minimum Gasteiger partial charge on any atom is -0.454 e. The van der Waals surface area contributed by atoms with Gasteiger partial charge in [-0.3, -0.25) is 9.48 Å². The number of aryl methyl sites for hydroxylation is 2. The lowest BCUT2D eigenvalue weighted by molar-refractivity contribution is 0.0720. The van der Waals surface area contributed by atoms with Crippen LogP contribution in [0.1, 0.15) is 27.4 Å². The number of carbonyl (C=O) groups is 1. The highest BCUT2D eigenvalue weighted by Crippen LogP contribution is 2.33. The molecule has 0 fully saturated rings. The molecule has 0 atom stereocenters. The molecular formula is C24H22N4O3. The summed E-state index contributed by atoms with van der Waals surface area (Å²) in [7, 11) is 1.89. The van der Waals surface area contributed by atoms with Gasteiger partial charge in [-0.05, 0) is 42.8 Å². The molecule has 0 spiro atoms. The first-order valence-electron chi connectivity index (χ1n) is 10.1. The second kappa shape index (κ2) is 7.75. The molecule has 7 heteroatoms. The molecule has 0 bridgehead atoms. The van der Waals surface area contributed by atoms with Crippen LogP contribution in [0.4, 0.5) is 0 Å². The zero-order valence-corrected chi connectivity index (χ0v) is 17.4. The van der Waals surface area contributed by atoms with Gasteiger partial charge in [-0.2, -0.15) is 5.10 Å². The summed E-state index contributed by atoms with van der Waals surface area (Å²) < 4.78 is 12.7. The van der Waals surface area contributed by atoms with Gasteiger partial charge in [-0.25, -0.2) is 4.98 Å². The molecule has 0 saturated carbocycles. The van der Waals surface area contributed by atoms with E-state index in [4.69, 9.17) is 9.47 Å². The second-order valence-electron chi connectivity index (χ2n) is 7.64. The molecule has 2 aromatic heterocycles. The maximum absolute atomic E-state index is 13.5. The molecule has 1 aliphatic heterocycles. The van der Waals surface area contributed by atoms with Crippen molar-refractivity contribution in [2.45, 2.75) is 20.0 Å². The SMILES string of the molecule is Cc1cc(CN(Cc2ccc3c(c2)OCO3)C(=O)c2ccc3ccccc3n2)n(C)n1. The maximum Gasteiger partial charge on any atom is 0.273 e. The van der Waals surface area contributed by atoms with Crippen LogP contribution in [-0.2, 0) is 20.1 Å². The third-order valence-electron chi connectivity index (χ3n) is 5.37. The van der Waals surface area contributed by atoms with E-state index in [2.05, 4.69) is 10.1 Å². The highest BCUT2D eigenvalue weighted by molar-refractivity contribution is 5.94. The van der Waals surface area contributed by atoms with Crippen LogP contribution in [0.15, 0.2) is 60.7 Å². The number of nitrogens with zero attached hydrogens (tertiary/aromatic N) is 4. The van der Waals surface area contributed by atoms with Crippen LogP contribution in [-0.4, -0.2) is 32.4 Å². The zero-order valence-electron chi connectivity index (χ0n) is 17.4. The third-order valence-corrected chi connectivity index (χ3v) is 5.37. The Labute approximate surface area is 179 Å². The first-order chi connectivity index (χ1) is 15.1. The Kier molecular flexibility index (Phi) is 4.78. The van der Waals surface area contributed by atoms with Crippen LogP contribution in [0.5, 0.6) is 11.5 Å². The predicted octanol–water partition coefficient (Wildman–Crippen LogP) is 3.85. The van der Waals surface area contributed by atoms with E-state index in [1.54, 1.807) is 11.0 Å². The Morgan fingerprint density at radius 2 is 1.87 bits per heavy atom. The van der Waals surface area contributed by atoms with Gasteiger partial charge in [0.05, 0.1) is 23.4 Å². The van der Waals surface area contributed by atoms with Crippen molar-refractivity contribution in [2.24, 2.45) is 7.05 Å². The Balaban J connectivity index is 1.48. The van der Waals surface area contributed by atoms with E-state index in [-0.39, 0.29) is 12.7 Å². The largest absolute Gasteiger partial charge is 0.454 e. The van der Waals surface area contributed by atoms with Gasteiger partial charge >= 0.3 is 0 Å². The molecule has 4 aromatic rings. The summed E-state index contributed by atoms with van der Waals surface area (Å²) in [5.74, 6) is 1.28. The molecule has 5 rings (SSSR count). The topological polar surface area (TPSA) is 69.5 Å². The Morgan fingerprint density at radius 3 is 2.71 bits per heavy atom. The normalized spacial score (nSPS) is 12.3. The van der Waals surface area contributed by atoms with Crippen LogP contribution in [0.3, 0.4) is 0 Å². The van der Waals surface area contributed by atoms with Gasteiger partial charge in [0.2, 0.25) is 6.79 Å². The lowest BCUT2D eigenvalue weighted by Crippen LogP contribution is -2.31. The molecule has 31 heavy (non-hydrogen) atoms. The second-order valence-corrected chi connectivity index (χ2v) is 7.64. The zero-order chi connectivity index (χ0) is 21.4. The van der Waals surface area contributed by atoms with Crippen LogP contribution in [0.2, 0.25) is 0 Å². The molecule has 0 N–H and O–H groups in total. The number of pyridine rings is 1. The highest BCUT2D eigenvalue weighted by atomic mass is 16.7. The minimum absolute atomic E-state index is 0.137. The van der Waals surface area contributed by atoms with E-state index in [0.29, 0.717) is 24.5 Å². The van der Waals surface area contributed by atoms with Crippen molar-refractivity contribution in [3.05, 3.63) is 83.3 Å². The molecule has 0 radical (unpaired) electrons. The van der Waals surface area contributed by atoms with Gasteiger partial charge in [-0.1, -0.05) is 30.3 Å². The Bertz CT molecular complexity index is 1280. The van der Waals surface area contributed by atoms with Gasteiger partial charge in [0, 0.05) is 19.0 Å². The van der Waals surface area contributed by atoms with E-state index in [1.165, 1.54) is 0 Å². The minimum atomic E-state index is -0.137. The van der Waals surface area contributed by atoms with Crippen LogP contribution < -0.4 is 9.47 Å². The number of amides is 1. The number of ether oxygens (including phenoxy) is 2. The monoisotopic (exact) mass is 414 g/mol. The smallest absolute Gasteiger partial charge is 0.273 e. The number of hydrogen-bond acceptors (Lipinski definition) is 5. The molecule has 3 heterocycles. The first-order valence-corrected chi connectivity index (χ1v) is 10.1. The number of para-hydroxylation sites is 1. The highest BCUT2D eigenvalue weighted by Gasteiger charge is 2.21. The number of carbonyl (C=O) groups excluding carboxylic acids is 1. The summed E-state index contributed by atoms with van der Waals surface area (Å²) in [6.45, 7) is 2.99. The Morgan fingerprint density at radius 1 is 1.03 bits per heavy atom. The van der Waals surface area contributed by atoms with Crippen LogP contribution in [0.25, 0.3) is 10.9 Å². The summed E-state index contributed by atoms with van der Waals surface area (Å²) in [5.41, 5.74) is 4.03. The summed E-state index contributed by atoms with van der Waals surface area (Å²) in [4.78, 5) is 19.9. The first kappa shape index (κ1) is 19.1. The predicted molar refractivity (Wildman–Crippen MR) is 116 cm³/mol. The van der Waals surface area contributed by atoms with Gasteiger partial charge < -0.3 is 14.4 Å². The van der Waals surface area contributed by atoms with E-state index >= 15 is 0 Å². The van der Waals surface area contributed by atoms with Crippen molar-refractivity contribution in [1.29, 1.82) is 0 Å². The molecule has 1 amide bonds. The lowest BCUT2D eigenvalue weighted by atomic mass is 10.1. The van der Waals surface area contributed by atoms with Crippen molar-refractivity contribution >= 4 is 16.8 Å². The fourth-order valence-electron chi connectivity index (χ4n) is 3.81. The van der Waals surface area contributed by atoms with Crippen molar-refractivity contribution in [3.63, 3.8) is 0 Å². The van der Waals surface area contributed by atoms with E-state index in [0.717, 1.165) is 33.6 Å². The molecule has 0 unspecified atom stereocenters. The molecule has 0 aliphatic carbocycles. The summed E-state index contributed by atoms with van der Waals surface area (Å²) in [6.07, 6.45) is 0. The van der Waals surface area contributed by atoms with Gasteiger partial charge in [-0.15, -0.1) is 0 Å². The average molecular weight is 414 g/mol. The van der Waals surface area contributed by atoms with Gasteiger partial charge in [0.1, 0.15) is 5.69 Å². The fraction of sp³-hybridized carbons (Fsp3) is 0.208. The number of rotatable bonds is 5. The van der Waals surface area contributed by atoms with Crippen molar-refractivity contribution in [2.75, 3.05) is 6.79 Å². The maximum atomic E-state index is 13.5. The van der Waals surface area contributed by atoms with E-state index < -0.39 is 0 Å². The third kappa shape index (κ3) is 3.82. The number of benzene rings is 2. The molecule has 156 valence electrons. The van der Waals surface area contributed by atoms with Gasteiger partial charge in [0.25, 0.3) is 5.91 Å².